The van der Waals surface area contributed by atoms with Crippen molar-refractivity contribution in [1.82, 2.24) is 14.8 Å². The standard InChI is InChI=1S/C15H19N5O4/c1-11-9-24-10-13(11)8-18-6-7-19(15(18)17-20(22)23)14(21)12-2-4-16-5-3-12/h2-5,11,13H,6-10H2,1H3. The van der Waals surface area contributed by atoms with E-state index >= 15 is 0 Å². The molecule has 2 unspecified atom stereocenters. The van der Waals surface area contributed by atoms with E-state index < -0.39 is 5.03 Å². The summed E-state index contributed by atoms with van der Waals surface area (Å²) in [5.41, 5.74) is 0.431. The number of ether oxygens (including phenoxy) is 1. The maximum Gasteiger partial charge on any atom is 0.281 e. The van der Waals surface area contributed by atoms with Gasteiger partial charge in [-0.2, -0.15) is 0 Å². The van der Waals surface area contributed by atoms with Crippen molar-refractivity contribution in [2.45, 2.75) is 6.92 Å². The Labute approximate surface area is 139 Å². The summed E-state index contributed by atoms with van der Waals surface area (Å²) in [6.07, 6.45) is 3.03. The molecule has 0 aromatic carbocycles. The number of hydrogen-bond donors (Lipinski definition) is 0. The average Bonchev–Trinajstić information content (AvgIpc) is 3.15. The van der Waals surface area contributed by atoms with Gasteiger partial charge in [-0.3, -0.25) is 14.7 Å². The molecule has 2 atom stereocenters. The molecule has 0 aliphatic carbocycles. The van der Waals surface area contributed by atoms with Crippen molar-refractivity contribution >= 4 is 11.9 Å². The first kappa shape index (κ1) is 16.3. The van der Waals surface area contributed by atoms with Crippen LogP contribution in [0.5, 0.6) is 0 Å². The monoisotopic (exact) mass is 333 g/mol. The third-order valence-electron chi connectivity index (χ3n) is 4.43. The minimum absolute atomic E-state index is 0.0981. The summed E-state index contributed by atoms with van der Waals surface area (Å²) >= 11 is 0. The van der Waals surface area contributed by atoms with Crippen molar-refractivity contribution in [1.29, 1.82) is 0 Å². The Morgan fingerprint density at radius 3 is 2.79 bits per heavy atom. The van der Waals surface area contributed by atoms with E-state index in [2.05, 4.69) is 17.0 Å². The highest BCUT2D eigenvalue weighted by Crippen LogP contribution is 2.23. The second-order valence-electron chi connectivity index (χ2n) is 6.05. The van der Waals surface area contributed by atoms with Gasteiger partial charge >= 0.3 is 0 Å². The highest BCUT2D eigenvalue weighted by Gasteiger charge is 2.37. The lowest BCUT2D eigenvalue weighted by molar-refractivity contribution is -0.486. The van der Waals surface area contributed by atoms with Gasteiger partial charge in [0.2, 0.25) is 0 Å². The molecular weight excluding hydrogens is 314 g/mol. The van der Waals surface area contributed by atoms with Gasteiger partial charge in [0.15, 0.2) is 5.03 Å². The van der Waals surface area contributed by atoms with Crippen LogP contribution in [0.2, 0.25) is 0 Å². The van der Waals surface area contributed by atoms with E-state index in [0.29, 0.717) is 44.3 Å². The molecule has 0 radical (unpaired) electrons. The molecule has 2 aliphatic rings. The lowest BCUT2D eigenvalue weighted by Gasteiger charge is -2.23. The predicted molar refractivity (Wildman–Crippen MR) is 84.7 cm³/mol. The molecule has 0 spiro atoms. The number of hydrazone groups is 1. The number of hydrogen-bond acceptors (Lipinski definition) is 5. The number of rotatable bonds is 4. The summed E-state index contributed by atoms with van der Waals surface area (Å²) in [5, 5.41) is 13.6. The van der Waals surface area contributed by atoms with Gasteiger partial charge in [0.25, 0.3) is 11.9 Å². The predicted octanol–water partition coefficient (Wildman–Crippen LogP) is 0.670. The van der Waals surface area contributed by atoms with Crippen LogP contribution in [-0.2, 0) is 4.74 Å². The zero-order valence-corrected chi connectivity index (χ0v) is 13.4. The summed E-state index contributed by atoms with van der Waals surface area (Å²) in [7, 11) is 0. The zero-order valence-electron chi connectivity index (χ0n) is 13.4. The van der Waals surface area contributed by atoms with E-state index in [0.717, 1.165) is 0 Å². The smallest absolute Gasteiger partial charge is 0.281 e. The van der Waals surface area contributed by atoms with Crippen LogP contribution in [-0.4, -0.2) is 64.5 Å². The molecule has 2 saturated heterocycles. The van der Waals surface area contributed by atoms with Crippen LogP contribution in [0.25, 0.3) is 0 Å². The fourth-order valence-corrected chi connectivity index (χ4v) is 3.02. The van der Waals surface area contributed by atoms with E-state index in [4.69, 9.17) is 4.74 Å². The minimum atomic E-state index is -0.755. The summed E-state index contributed by atoms with van der Waals surface area (Å²) in [6.45, 7) is 4.90. The van der Waals surface area contributed by atoms with E-state index in [1.807, 2.05) is 0 Å². The van der Waals surface area contributed by atoms with E-state index in [1.165, 1.54) is 17.3 Å². The van der Waals surface area contributed by atoms with Gasteiger partial charge in [0.05, 0.1) is 6.61 Å². The molecule has 0 saturated carbocycles. The van der Waals surface area contributed by atoms with Crippen LogP contribution < -0.4 is 0 Å². The van der Waals surface area contributed by atoms with E-state index in [1.54, 1.807) is 17.0 Å². The maximum atomic E-state index is 12.6. The molecule has 9 nitrogen and oxygen atoms in total. The van der Waals surface area contributed by atoms with Crippen molar-refractivity contribution < 1.29 is 14.6 Å². The lowest BCUT2D eigenvalue weighted by atomic mass is 9.98. The topological polar surface area (TPSA) is 101 Å². The number of carbonyl (C=O) groups excluding carboxylic acids is 1. The van der Waals surface area contributed by atoms with Gasteiger partial charge < -0.3 is 9.64 Å². The Morgan fingerprint density at radius 2 is 2.17 bits per heavy atom. The minimum Gasteiger partial charge on any atom is -0.381 e. The summed E-state index contributed by atoms with van der Waals surface area (Å²) in [6, 6.07) is 3.17. The van der Waals surface area contributed by atoms with Gasteiger partial charge in [-0.05, 0) is 18.1 Å². The molecule has 24 heavy (non-hydrogen) atoms. The Morgan fingerprint density at radius 1 is 1.42 bits per heavy atom. The molecule has 0 N–H and O–H groups in total. The molecule has 0 bridgehead atoms. The zero-order chi connectivity index (χ0) is 17.1. The van der Waals surface area contributed by atoms with Gasteiger partial charge in [-0.25, -0.2) is 10.1 Å². The summed E-state index contributed by atoms with van der Waals surface area (Å²) in [5.74, 6) is 0.446. The Kier molecular flexibility index (Phi) is 4.70. The Bertz CT molecular complexity index is 651. The van der Waals surface area contributed by atoms with Crippen LogP contribution in [0.15, 0.2) is 29.6 Å². The molecule has 1 aromatic rings. The number of pyridine rings is 1. The highest BCUT2D eigenvalue weighted by atomic mass is 16.7. The summed E-state index contributed by atoms with van der Waals surface area (Å²) < 4.78 is 5.45. The van der Waals surface area contributed by atoms with E-state index in [9.17, 15) is 14.9 Å². The average molecular weight is 333 g/mol. The fraction of sp³-hybridized carbons (Fsp3) is 0.533. The molecule has 1 aromatic heterocycles. The number of carbonyl (C=O) groups is 1. The van der Waals surface area contributed by atoms with Crippen molar-refractivity contribution in [2.24, 2.45) is 16.9 Å². The normalized spacial score (nSPS) is 25.5. The van der Waals surface area contributed by atoms with Gasteiger partial charge in [0.1, 0.15) is 5.10 Å². The first-order valence-corrected chi connectivity index (χ1v) is 7.84. The van der Waals surface area contributed by atoms with Gasteiger partial charge in [-0.1, -0.05) is 6.92 Å². The number of nitrogens with zero attached hydrogens (tertiary/aromatic N) is 5. The van der Waals surface area contributed by atoms with Crippen LogP contribution in [0.4, 0.5) is 0 Å². The lowest BCUT2D eigenvalue weighted by Crippen LogP contribution is -2.41. The number of guanidine groups is 1. The van der Waals surface area contributed by atoms with Crippen LogP contribution >= 0.6 is 0 Å². The third-order valence-corrected chi connectivity index (χ3v) is 4.43. The van der Waals surface area contributed by atoms with Crippen LogP contribution in [0.3, 0.4) is 0 Å². The number of amides is 1. The molecule has 3 heterocycles. The molecule has 1 amide bonds. The molecular formula is C15H19N5O4. The van der Waals surface area contributed by atoms with Crippen molar-refractivity contribution in [3.05, 3.63) is 40.2 Å². The van der Waals surface area contributed by atoms with Gasteiger partial charge in [-0.15, -0.1) is 0 Å². The summed E-state index contributed by atoms with van der Waals surface area (Å²) in [4.78, 5) is 30.6. The Balaban J connectivity index is 1.80. The highest BCUT2D eigenvalue weighted by molar-refractivity contribution is 6.06. The molecule has 9 heteroatoms. The van der Waals surface area contributed by atoms with E-state index in [-0.39, 0.29) is 17.8 Å². The van der Waals surface area contributed by atoms with Crippen molar-refractivity contribution in [3.63, 3.8) is 0 Å². The van der Waals surface area contributed by atoms with Gasteiger partial charge in [0, 0.05) is 50.1 Å². The molecule has 2 fully saturated rings. The van der Waals surface area contributed by atoms with Crippen molar-refractivity contribution in [2.75, 3.05) is 32.8 Å². The SMILES string of the molecule is CC1COCC1CN1CCN(C(=O)c2ccncc2)C1=N[N+](=O)[O-]. The Hall–Kier alpha value is -2.55. The maximum absolute atomic E-state index is 12.6. The fourth-order valence-electron chi connectivity index (χ4n) is 3.02. The number of nitro groups is 1. The second kappa shape index (κ2) is 6.91. The third kappa shape index (κ3) is 3.35. The van der Waals surface area contributed by atoms with Crippen LogP contribution in [0.1, 0.15) is 17.3 Å². The number of aromatic nitrogens is 1. The van der Waals surface area contributed by atoms with Crippen LogP contribution in [0, 0.1) is 22.0 Å². The molecule has 128 valence electrons. The largest absolute Gasteiger partial charge is 0.381 e. The first-order valence-electron chi connectivity index (χ1n) is 7.84. The second-order valence-corrected chi connectivity index (χ2v) is 6.05. The molecule has 2 aliphatic heterocycles. The quantitative estimate of drug-likeness (QED) is 0.593. The van der Waals surface area contributed by atoms with Crippen molar-refractivity contribution in [3.8, 4) is 0 Å². The first-order chi connectivity index (χ1) is 11.6. The molecule has 3 rings (SSSR count).